The van der Waals surface area contributed by atoms with Crippen LogP contribution in [-0.2, 0) is 13.0 Å². The van der Waals surface area contributed by atoms with Gasteiger partial charge >= 0.3 is 0 Å². The maximum atomic E-state index is 4.35. The molecule has 1 aromatic heterocycles. The molecule has 3 aliphatic rings. The van der Waals surface area contributed by atoms with Gasteiger partial charge in [0.1, 0.15) is 0 Å². The molecule has 2 atom stereocenters. The molecule has 0 radical (unpaired) electrons. The van der Waals surface area contributed by atoms with Gasteiger partial charge in [0, 0.05) is 57.1 Å². The van der Waals surface area contributed by atoms with E-state index < -0.39 is 0 Å². The molecule has 4 nitrogen and oxygen atoms in total. The Morgan fingerprint density at radius 1 is 0.964 bits per heavy atom. The molecule has 2 unspecified atom stereocenters. The van der Waals surface area contributed by atoms with E-state index in [2.05, 4.69) is 56.1 Å². The van der Waals surface area contributed by atoms with E-state index in [1.807, 2.05) is 12.3 Å². The summed E-state index contributed by atoms with van der Waals surface area (Å²) in [7, 11) is 0. The van der Waals surface area contributed by atoms with Crippen LogP contribution in [0, 0.1) is 17.3 Å². The van der Waals surface area contributed by atoms with E-state index in [1.54, 1.807) is 0 Å². The van der Waals surface area contributed by atoms with E-state index in [4.69, 9.17) is 0 Å². The highest BCUT2D eigenvalue weighted by molar-refractivity contribution is 5.16. The van der Waals surface area contributed by atoms with Crippen molar-refractivity contribution in [1.29, 1.82) is 0 Å². The fourth-order valence-corrected chi connectivity index (χ4v) is 5.66. The van der Waals surface area contributed by atoms with E-state index in [0.29, 0.717) is 5.41 Å². The van der Waals surface area contributed by atoms with Gasteiger partial charge in [-0.1, -0.05) is 30.3 Å². The molecule has 0 amide bonds. The summed E-state index contributed by atoms with van der Waals surface area (Å²) in [5.41, 5.74) is 2.02. The number of hydrogen-bond acceptors (Lipinski definition) is 3. The third-order valence-electron chi connectivity index (χ3n) is 7.29. The van der Waals surface area contributed by atoms with Crippen LogP contribution in [0.15, 0.2) is 48.8 Å². The number of likely N-dealkylation sites (tertiary alicyclic amines) is 2. The van der Waals surface area contributed by atoms with Crippen LogP contribution in [0.4, 0.5) is 0 Å². The minimum Gasteiger partial charge on any atom is -0.302 e. The first-order chi connectivity index (χ1) is 13.8. The average molecular weight is 379 g/mol. The van der Waals surface area contributed by atoms with Gasteiger partial charge in [-0.2, -0.15) is 5.10 Å². The number of aromatic nitrogens is 2. The Bertz CT molecular complexity index is 739. The van der Waals surface area contributed by atoms with E-state index >= 15 is 0 Å². The standard InChI is InChI=1S/C24H34N4/c1-2-6-21(7-3-1)10-11-24-19-26(13-5-15-28-14-4-12-25-28)17-23(24)18-27(20-24)16-22-8-9-22/h1-4,6-7,12,14,22-23H,5,8-11,13,15-20H2. The van der Waals surface area contributed by atoms with E-state index in [-0.39, 0.29) is 0 Å². The molecule has 2 aliphatic heterocycles. The molecule has 3 fully saturated rings. The summed E-state index contributed by atoms with van der Waals surface area (Å²) in [4.78, 5) is 5.57. The van der Waals surface area contributed by atoms with Gasteiger partial charge in [-0.05, 0) is 62.1 Å². The second-order valence-corrected chi connectivity index (χ2v) is 9.54. The monoisotopic (exact) mass is 378 g/mol. The van der Waals surface area contributed by atoms with Gasteiger partial charge in [-0.15, -0.1) is 0 Å². The second-order valence-electron chi connectivity index (χ2n) is 9.54. The normalized spacial score (nSPS) is 28.1. The van der Waals surface area contributed by atoms with Crippen LogP contribution in [0.2, 0.25) is 0 Å². The highest BCUT2D eigenvalue weighted by Gasteiger charge is 2.51. The fraction of sp³-hybridized carbons (Fsp3) is 0.625. The molecular weight excluding hydrogens is 344 g/mol. The molecule has 2 saturated heterocycles. The summed E-state index contributed by atoms with van der Waals surface area (Å²) >= 11 is 0. The van der Waals surface area contributed by atoms with E-state index in [9.17, 15) is 0 Å². The summed E-state index contributed by atoms with van der Waals surface area (Å²) in [5.74, 6) is 1.87. The van der Waals surface area contributed by atoms with Gasteiger partial charge in [-0.25, -0.2) is 0 Å². The zero-order valence-electron chi connectivity index (χ0n) is 17.0. The maximum absolute atomic E-state index is 4.35. The Morgan fingerprint density at radius 3 is 2.57 bits per heavy atom. The van der Waals surface area contributed by atoms with E-state index in [1.165, 1.54) is 76.9 Å². The molecule has 2 aromatic rings. The van der Waals surface area contributed by atoms with Crippen molar-refractivity contribution in [2.24, 2.45) is 17.3 Å². The van der Waals surface area contributed by atoms with Gasteiger partial charge in [0.15, 0.2) is 0 Å². The van der Waals surface area contributed by atoms with E-state index in [0.717, 1.165) is 18.4 Å². The summed E-state index contributed by atoms with van der Waals surface area (Å²) in [6.45, 7) is 8.88. The predicted molar refractivity (Wildman–Crippen MR) is 113 cm³/mol. The minimum absolute atomic E-state index is 0.510. The van der Waals surface area contributed by atoms with Crippen LogP contribution in [0.3, 0.4) is 0 Å². The van der Waals surface area contributed by atoms with Gasteiger partial charge in [0.25, 0.3) is 0 Å². The first-order valence-corrected chi connectivity index (χ1v) is 11.3. The van der Waals surface area contributed by atoms with Crippen LogP contribution in [0.1, 0.15) is 31.2 Å². The number of hydrogen-bond donors (Lipinski definition) is 0. The summed E-state index contributed by atoms with van der Waals surface area (Å²) in [6.07, 6.45) is 10.7. The molecule has 3 heterocycles. The van der Waals surface area contributed by atoms with Crippen LogP contribution in [0.25, 0.3) is 0 Å². The van der Waals surface area contributed by atoms with Crippen molar-refractivity contribution in [2.45, 2.75) is 38.6 Å². The molecule has 1 saturated carbocycles. The van der Waals surface area contributed by atoms with Gasteiger partial charge in [0.2, 0.25) is 0 Å². The molecule has 0 N–H and O–H groups in total. The Morgan fingerprint density at radius 2 is 1.79 bits per heavy atom. The van der Waals surface area contributed by atoms with Crippen molar-refractivity contribution in [3.05, 3.63) is 54.4 Å². The number of nitrogens with zero attached hydrogens (tertiary/aromatic N) is 4. The lowest BCUT2D eigenvalue weighted by molar-refractivity contribution is 0.196. The quantitative estimate of drug-likeness (QED) is 0.667. The number of rotatable bonds is 9. The molecule has 150 valence electrons. The number of fused-ring (bicyclic) bond motifs is 1. The highest BCUT2D eigenvalue weighted by atomic mass is 15.3. The molecule has 0 bridgehead atoms. The Balaban J connectivity index is 1.20. The molecule has 0 spiro atoms. The van der Waals surface area contributed by atoms with Crippen molar-refractivity contribution < 1.29 is 0 Å². The Labute approximate surface area is 169 Å². The Hall–Kier alpha value is -1.65. The SMILES string of the molecule is c1ccc(CCC23CN(CCCn4cccn4)CC2CN(CC2CC2)C3)cc1. The van der Waals surface area contributed by atoms with Crippen molar-refractivity contribution in [3.8, 4) is 0 Å². The van der Waals surface area contributed by atoms with Crippen molar-refractivity contribution in [1.82, 2.24) is 19.6 Å². The topological polar surface area (TPSA) is 24.3 Å². The van der Waals surface area contributed by atoms with Gasteiger partial charge < -0.3 is 9.80 Å². The van der Waals surface area contributed by atoms with Crippen molar-refractivity contribution in [2.75, 3.05) is 39.3 Å². The minimum atomic E-state index is 0.510. The number of aryl methyl sites for hydroxylation is 2. The number of benzene rings is 1. The smallest absolute Gasteiger partial charge is 0.0489 e. The van der Waals surface area contributed by atoms with Crippen molar-refractivity contribution in [3.63, 3.8) is 0 Å². The lowest BCUT2D eigenvalue weighted by Crippen LogP contribution is -2.36. The third kappa shape index (κ3) is 4.18. The summed E-state index contributed by atoms with van der Waals surface area (Å²) in [5, 5.41) is 4.35. The van der Waals surface area contributed by atoms with Gasteiger partial charge in [-0.3, -0.25) is 4.68 Å². The van der Waals surface area contributed by atoms with Crippen LogP contribution in [0.5, 0.6) is 0 Å². The highest BCUT2D eigenvalue weighted by Crippen LogP contribution is 2.47. The second kappa shape index (κ2) is 8.00. The largest absolute Gasteiger partial charge is 0.302 e. The maximum Gasteiger partial charge on any atom is 0.0489 e. The zero-order valence-corrected chi connectivity index (χ0v) is 17.0. The molecule has 1 aromatic carbocycles. The molecular formula is C24H34N4. The molecule has 1 aliphatic carbocycles. The molecule has 28 heavy (non-hydrogen) atoms. The van der Waals surface area contributed by atoms with Crippen LogP contribution >= 0.6 is 0 Å². The first kappa shape index (κ1) is 18.4. The predicted octanol–water partition coefficient (Wildman–Crippen LogP) is 3.55. The van der Waals surface area contributed by atoms with Gasteiger partial charge in [0.05, 0.1) is 0 Å². The lowest BCUT2D eigenvalue weighted by Gasteiger charge is -2.30. The van der Waals surface area contributed by atoms with Crippen LogP contribution in [-0.4, -0.2) is 58.8 Å². The first-order valence-electron chi connectivity index (χ1n) is 11.3. The van der Waals surface area contributed by atoms with Crippen LogP contribution < -0.4 is 0 Å². The third-order valence-corrected chi connectivity index (χ3v) is 7.29. The summed E-state index contributed by atoms with van der Waals surface area (Å²) < 4.78 is 2.07. The lowest BCUT2D eigenvalue weighted by atomic mass is 9.76. The fourth-order valence-electron chi connectivity index (χ4n) is 5.66. The molecule has 4 heteroatoms. The summed E-state index contributed by atoms with van der Waals surface area (Å²) in [6, 6.07) is 13.1. The molecule has 5 rings (SSSR count). The average Bonchev–Trinajstić information content (AvgIpc) is 3.10. The zero-order chi connectivity index (χ0) is 18.8. The van der Waals surface area contributed by atoms with Crippen molar-refractivity contribution >= 4 is 0 Å². The Kier molecular flexibility index (Phi) is 5.25.